The van der Waals surface area contributed by atoms with Gasteiger partial charge < -0.3 is 14.6 Å². The number of halogens is 1. The number of esters is 1. The highest BCUT2D eigenvalue weighted by Gasteiger charge is 2.37. The third-order valence-electron chi connectivity index (χ3n) is 3.23. The highest BCUT2D eigenvalue weighted by atomic mass is 35.5. The van der Waals surface area contributed by atoms with Crippen LogP contribution in [0.4, 0.5) is 4.79 Å². The van der Waals surface area contributed by atoms with Crippen LogP contribution in [0, 0.1) is 0 Å². The average molecular weight is 414 g/mol. The molecule has 27 heavy (non-hydrogen) atoms. The van der Waals surface area contributed by atoms with Crippen LogP contribution in [0.2, 0.25) is 5.02 Å². The molecule has 0 bridgehead atoms. The first-order valence-corrected chi connectivity index (χ1v) is 9.33. The van der Waals surface area contributed by atoms with E-state index >= 15 is 0 Å². The molecule has 0 radical (unpaired) electrons. The van der Waals surface area contributed by atoms with E-state index in [2.05, 4.69) is 0 Å². The molecular weight excluding hydrogens is 394 g/mol. The van der Waals surface area contributed by atoms with E-state index in [1.54, 1.807) is 27.7 Å². The topological polar surface area (TPSA) is 93.1 Å². The van der Waals surface area contributed by atoms with E-state index in [-0.39, 0.29) is 21.4 Å². The third kappa shape index (κ3) is 5.40. The van der Waals surface area contributed by atoms with Gasteiger partial charge in [-0.1, -0.05) is 11.6 Å². The van der Waals surface area contributed by atoms with Gasteiger partial charge in [-0.05, 0) is 63.2 Å². The molecule has 7 nitrogen and oxygen atoms in total. The maximum atomic E-state index is 12.5. The van der Waals surface area contributed by atoms with Gasteiger partial charge in [0.15, 0.2) is 11.5 Å². The minimum Gasteiger partial charge on any atom is -0.503 e. The lowest BCUT2D eigenvalue weighted by Crippen LogP contribution is -2.37. The molecule has 1 aromatic carbocycles. The summed E-state index contributed by atoms with van der Waals surface area (Å²) in [7, 11) is 0. The van der Waals surface area contributed by atoms with Crippen LogP contribution in [0.15, 0.2) is 17.0 Å². The Morgan fingerprint density at radius 2 is 2.00 bits per heavy atom. The van der Waals surface area contributed by atoms with Crippen molar-refractivity contribution in [3.05, 3.63) is 27.6 Å². The van der Waals surface area contributed by atoms with Crippen LogP contribution in [-0.2, 0) is 14.3 Å². The van der Waals surface area contributed by atoms with Crippen LogP contribution >= 0.6 is 23.4 Å². The number of amides is 2. The summed E-state index contributed by atoms with van der Waals surface area (Å²) in [5, 5.41) is 9.37. The van der Waals surface area contributed by atoms with Gasteiger partial charge in [-0.15, -0.1) is 0 Å². The van der Waals surface area contributed by atoms with Crippen LogP contribution < -0.4 is 4.74 Å². The van der Waals surface area contributed by atoms with Gasteiger partial charge in [0.2, 0.25) is 0 Å². The predicted octanol–water partition coefficient (Wildman–Crippen LogP) is 3.82. The zero-order valence-corrected chi connectivity index (χ0v) is 16.9. The maximum Gasteiger partial charge on any atom is 0.326 e. The Morgan fingerprint density at radius 3 is 2.59 bits per heavy atom. The molecule has 2 amide bonds. The van der Waals surface area contributed by atoms with Gasteiger partial charge in [0, 0.05) is 0 Å². The van der Waals surface area contributed by atoms with E-state index in [0.29, 0.717) is 23.9 Å². The Labute approximate surface area is 166 Å². The monoisotopic (exact) mass is 413 g/mol. The molecule has 0 aliphatic carbocycles. The summed E-state index contributed by atoms with van der Waals surface area (Å²) in [6, 6.07) is 2.95. The number of benzene rings is 1. The number of ether oxygens (including phenoxy) is 2. The third-order valence-corrected chi connectivity index (χ3v) is 4.42. The van der Waals surface area contributed by atoms with E-state index in [9.17, 15) is 19.5 Å². The fraction of sp³-hybridized carbons (Fsp3) is 0.389. The zero-order valence-electron chi connectivity index (χ0n) is 15.4. The Bertz CT molecular complexity index is 815. The predicted molar refractivity (Wildman–Crippen MR) is 103 cm³/mol. The van der Waals surface area contributed by atoms with Crippen molar-refractivity contribution in [3.8, 4) is 11.5 Å². The number of aromatic hydroxyl groups is 1. The normalized spacial score (nSPS) is 16.2. The van der Waals surface area contributed by atoms with Crippen molar-refractivity contribution in [2.75, 3.05) is 13.2 Å². The van der Waals surface area contributed by atoms with Crippen LogP contribution in [0.5, 0.6) is 11.5 Å². The lowest BCUT2D eigenvalue weighted by atomic mass is 10.2. The van der Waals surface area contributed by atoms with Gasteiger partial charge in [0.25, 0.3) is 11.1 Å². The first-order chi connectivity index (χ1) is 12.5. The fourth-order valence-corrected chi connectivity index (χ4v) is 3.29. The summed E-state index contributed by atoms with van der Waals surface area (Å²) in [4.78, 5) is 37.5. The molecule has 0 aromatic heterocycles. The van der Waals surface area contributed by atoms with E-state index in [1.807, 2.05) is 0 Å². The van der Waals surface area contributed by atoms with Gasteiger partial charge in [-0.2, -0.15) is 0 Å². The van der Waals surface area contributed by atoms with Crippen molar-refractivity contribution in [1.82, 2.24) is 4.90 Å². The molecule has 1 N–H and O–H groups in total. The molecule has 1 aromatic rings. The van der Waals surface area contributed by atoms with E-state index in [4.69, 9.17) is 21.1 Å². The molecule has 0 unspecified atom stereocenters. The van der Waals surface area contributed by atoms with Gasteiger partial charge in [-0.25, -0.2) is 0 Å². The summed E-state index contributed by atoms with van der Waals surface area (Å²) >= 11 is 6.68. The quantitative estimate of drug-likeness (QED) is 0.579. The van der Waals surface area contributed by atoms with Gasteiger partial charge in [0.1, 0.15) is 12.1 Å². The van der Waals surface area contributed by atoms with Gasteiger partial charge >= 0.3 is 5.97 Å². The molecule has 1 aliphatic heterocycles. The smallest absolute Gasteiger partial charge is 0.326 e. The molecule has 2 rings (SSSR count). The number of hydrogen-bond acceptors (Lipinski definition) is 7. The largest absolute Gasteiger partial charge is 0.503 e. The number of hydrogen-bond donors (Lipinski definition) is 1. The lowest BCUT2D eigenvalue weighted by molar-refractivity contribution is -0.156. The highest BCUT2D eigenvalue weighted by molar-refractivity contribution is 8.18. The second-order valence-electron chi connectivity index (χ2n) is 6.64. The summed E-state index contributed by atoms with van der Waals surface area (Å²) < 4.78 is 10.4. The molecule has 1 fully saturated rings. The van der Waals surface area contributed by atoms with Crippen LogP contribution in [0.25, 0.3) is 6.08 Å². The number of carbonyl (C=O) groups is 3. The Kier molecular flexibility index (Phi) is 6.43. The highest BCUT2D eigenvalue weighted by Crippen LogP contribution is 2.38. The van der Waals surface area contributed by atoms with Crippen molar-refractivity contribution in [2.24, 2.45) is 0 Å². The Hall–Kier alpha value is -2.19. The van der Waals surface area contributed by atoms with Gasteiger partial charge in [-0.3, -0.25) is 19.3 Å². The molecule has 9 heteroatoms. The number of thioether (sulfide) groups is 1. The number of rotatable bonds is 5. The number of nitrogens with zero attached hydrogens (tertiary/aromatic N) is 1. The second kappa shape index (κ2) is 8.22. The van der Waals surface area contributed by atoms with Crippen molar-refractivity contribution in [2.45, 2.75) is 33.3 Å². The second-order valence-corrected chi connectivity index (χ2v) is 8.04. The first kappa shape index (κ1) is 21.1. The standard InChI is InChI=1S/C18H20ClNO6S/c1-5-25-12-7-10(6-11(19)15(12)22)8-13-16(23)20(17(24)27-13)9-14(21)26-18(2,3)4/h6-8,22H,5,9H2,1-4H3. The average Bonchev–Trinajstić information content (AvgIpc) is 2.78. The van der Waals surface area contributed by atoms with Crippen molar-refractivity contribution in [3.63, 3.8) is 0 Å². The molecule has 146 valence electrons. The zero-order chi connectivity index (χ0) is 20.4. The van der Waals surface area contributed by atoms with Crippen molar-refractivity contribution < 1.29 is 29.0 Å². The van der Waals surface area contributed by atoms with E-state index < -0.39 is 29.3 Å². The van der Waals surface area contributed by atoms with Crippen LogP contribution in [0.3, 0.4) is 0 Å². The summed E-state index contributed by atoms with van der Waals surface area (Å²) in [6.07, 6.45) is 1.45. The molecule has 1 saturated heterocycles. The van der Waals surface area contributed by atoms with Crippen molar-refractivity contribution in [1.29, 1.82) is 0 Å². The van der Waals surface area contributed by atoms with E-state index in [0.717, 1.165) is 4.90 Å². The number of phenols is 1. The van der Waals surface area contributed by atoms with Gasteiger partial charge in [0.05, 0.1) is 16.5 Å². The molecule has 0 atom stereocenters. The number of imide groups is 1. The number of phenolic OH excluding ortho intramolecular Hbond substituents is 1. The lowest BCUT2D eigenvalue weighted by Gasteiger charge is -2.21. The number of carbonyl (C=O) groups excluding carboxylic acids is 3. The first-order valence-electron chi connectivity index (χ1n) is 8.14. The molecule has 1 aliphatic rings. The molecule has 1 heterocycles. The molecule has 0 spiro atoms. The summed E-state index contributed by atoms with van der Waals surface area (Å²) in [5.41, 5.74) is -0.239. The van der Waals surface area contributed by atoms with Crippen LogP contribution in [-0.4, -0.2) is 45.9 Å². The minimum absolute atomic E-state index is 0.0557. The Morgan fingerprint density at radius 1 is 1.33 bits per heavy atom. The minimum atomic E-state index is -0.715. The molecule has 0 saturated carbocycles. The maximum absolute atomic E-state index is 12.5. The van der Waals surface area contributed by atoms with E-state index in [1.165, 1.54) is 18.2 Å². The summed E-state index contributed by atoms with van der Waals surface area (Å²) in [6.45, 7) is 6.71. The SMILES string of the molecule is CCOc1cc(C=C2SC(=O)N(CC(=O)OC(C)(C)C)C2=O)cc(Cl)c1O. The summed E-state index contributed by atoms with van der Waals surface area (Å²) in [5.74, 6) is -1.30. The molecular formula is C18H20ClNO6S. The fourth-order valence-electron chi connectivity index (χ4n) is 2.23. The Balaban J connectivity index is 2.22. The van der Waals surface area contributed by atoms with Crippen molar-refractivity contribution >= 4 is 46.6 Å². The van der Waals surface area contributed by atoms with Crippen LogP contribution in [0.1, 0.15) is 33.3 Å².